The number of anilines is 1. The van der Waals surface area contributed by atoms with Crippen molar-refractivity contribution in [3.8, 4) is 0 Å². The van der Waals surface area contributed by atoms with Gasteiger partial charge in [-0.05, 0) is 12.1 Å². The molecule has 0 bridgehead atoms. The zero-order chi connectivity index (χ0) is 15.1. The second-order valence-corrected chi connectivity index (χ2v) is 3.66. The van der Waals surface area contributed by atoms with E-state index in [1.165, 1.54) is 31.4 Å². The van der Waals surface area contributed by atoms with E-state index in [4.69, 9.17) is 10.5 Å². The molecule has 0 aliphatic rings. The number of hydrogen-bond donors (Lipinski definition) is 2. The Morgan fingerprint density at radius 2 is 1.95 bits per heavy atom. The molecule has 3 N–H and O–H groups in total. The molecule has 0 aromatic heterocycles. The zero-order valence-corrected chi connectivity index (χ0v) is 11.8. The Labute approximate surface area is 126 Å². The third kappa shape index (κ3) is 6.06. The van der Waals surface area contributed by atoms with Gasteiger partial charge in [-0.25, -0.2) is 4.79 Å². The molecule has 116 valence electrons. The number of nitrogens with zero attached hydrogens (tertiary/aromatic N) is 1. The number of benzene rings is 1. The van der Waals surface area contributed by atoms with Crippen molar-refractivity contribution >= 4 is 35.8 Å². The van der Waals surface area contributed by atoms with Crippen molar-refractivity contribution in [3.63, 3.8) is 0 Å². The van der Waals surface area contributed by atoms with Crippen LogP contribution in [0.5, 0.6) is 0 Å². The van der Waals surface area contributed by atoms with E-state index in [0.29, 0.717) is 5.69 Å². The number of nitro benzene ring substituents is 1. The average Bonchev–Trinajstić information content (AvgIpc) is 2.44. The standard InChI is InChI=1S/C11H13N3O6.ClH/c1-19-10(15)9(12)6-20-11(16)13-7-2-4-8(5-3-7)14(17)18;/h2-5,9H,6,12H2,1H3,(H,13,16);1H/t9-;/m0./s1. The number of nitrogens with two attached hydrogens (primary N) is 1. The van der Waals surface area contributed by atoms with Crippen LogP contribution in [0.2, 0.25) is 0 Å². The lowest BCUT2D eigenvalue weighted by Gasteiger charge is -2.10. The van der Waals surface area contributed by atoms with Crippen LogP contribution >= 0.6 is 12.4 Å². The minimum Gasteiger partial charge on any atom is -0.468 e. The number of esters is 1. The van der Waals surface area contributed by atoms with E-state index in [0.717, 1.165) is 0 Å². The van der Waals surface area contributed by atoms with Gasteiger partial charge in [0.2, 0.25) is 0 Å². The number of non-ortho nitro benzene ring substituents is 1. The van der Waals surface area contributed by atoms with Crippen LogP contribution in [0.15, 0.2) is 24.3 Å². The molecule has 0 saturated carbocycles. The fourth-order valence-corrected chi connectivity index (χ4v) is 1.21. The second-order valence-electron chi connectivity index (χ2n) is 3.66. The molecule has 1 aromatic carbocycles. The largest absolute Gasteiger partial charge is 0.468 e. The molecule has 0 aliphatic carbocycles. The number of rotatable bonds is 5. The summed E-state index contributed by atoms with van der Waals surface area (Å²) >= 11 is 0. The molecule has 1 amide bonds. The van der Waals surface area contributed by atoms with Crippen LogP contribution in [0.3, 0.4) is 0 Å². The Balaban J connectivity index is 0.00000400. The highest BCUT2D eigenvalue weighted by molar-refractivity contribution is 5.85. The molecule has 21 heavy (non-hydrogen) atoms. The number of nitrogens with one attached hydrogen (secondary N) is 1. The summed E-state index contributed by atoms with van der Waals surface area (Å²) in [5.74, 6) is -0.701. The normalized spacial score (nSPS) is 10.8. The third-order valence-corrected chi connectivity index (χ3v) is 2.22. The number of methoxy groups -OCH3 is 1. The summed E-state index contributed by atoms with van der Waals surface area (Å²) < 4.78 is 9.06. The van der Waals surface area contributed by atoms with Crippen LogP contribution in [0, 0.1) is 10.1 Å². The third-order valence-electron chi connectivity index (χ3n) is 2.22. The Morgan fingerprint density at radius 3 is 2.43 bits per heavy atom. The van der Waals surface area contributed by atoms with Crippen molar-refractivity contribution in [1.82, 2.24) is 0 Å². The second kappa shape index (κ2) is 8.72. The van der Waals surface area contributed by atoms with Crippen LogP contribution < -0.4 is 11.1 Å². The van der Waals surface area contributed by atoms with Crippen molar-refractivity contribution in [2.75, 3.05) is 19.0 Å². The van der Waals surface area contributed by atoms with Gasteiger partial charge in [-0.1, -0.05) is 0 Å². The van der Waals surface area contributed by atoms with Gasteiger partial charge in [0.1, 0.15) is 12.6 Å². The van der Waals surface area contributed by atoms with Crippen LogP contribution in [-0.4, -0.2) is 36.7 Å². The minimum absolute atomic E-state index is 0. The van der Waals surface area contributed by atoms with Gasteiger partial charge in [0.15, 0.2) is 0 Å². The fourth-order valence-electron chi connectivity index (χ4n) is 1.21. The summed E-state index contributed by atoms with van der Waals surface area (Å²) in [6, 6.07) is 4.09. The van der Waals surface area contributed by atoms with Gasteiger partial charge in [0.25, 0.3) is 5.69 Å². The van der Waals surface area contributed by atoms with Gasteiger partial charge in [0, 0.05) is 17.8 Å². The summed E-state index contributed by atoms with van der Waals surface area (Å²) in [6.07, 6.45) is -0.835. The molecule has 0 fully saturated rings. The van der Waals surface area contributed by atoms with Gasteiger partial charge >= 0.3 is 12.1 Å². The lowest BCUT2D eigenvalue weighted by atomic mass is 10.3. The maximum Gasteiger partial charge on any atom is 0.411 e. The van der Waals surface area contributed by atoms with Crippen LogP contribution in [0.1, 0.15) is 0 Å². The Kier molecular flexibility index (Phi) is 7.72. The maximum atomic E-state index is 11.4. The number of carbonyl (C=O) groups is 2. The summed E-state index contributed by atoms with van der Waals surface area (Å²) in [6.45, 7) is -0.342. The van der Waals surface area contributed by atoms with E-state index in [2.05, 4.69) is 10.1 Å². The van der Waals surface area contributed by atoms with Crippen LogP contribution in [0.4, 0.5) is 16.2 Å². The van der Waals surface area contributed by atoms with Gasteiger partial charge in [-0.15, -0.1) is 12.4 Å². The van der Waals surface area contributed by atoms with Gasteiger partial charge in [-0.2, -0.15) is 0 Å². The molecular formula is C11H14ClN3O6. The number of hydrogen-bond acceptors (Lipinski definition) is 7. The molecular weight excluding hydrogens is 306 g/mol. The first-order chi connectivity index (χ1) is 9.43. The highest BCUT2D eigenvalue weighted by Crippen LogP contribution is 2.15. The summed E-state index contributed by atoms with van der Waals surface area (Å²) in [7, 11) is 1.17. The number of halogens is 1. The van der Waals surface area contributed by atoms with Crippen molar-refractivity contribution in [2.24, 2.45) is 5.73 Å². The number of carbonyl (C=O) groups excluding carboxylic acids is 2. The molecule has 9 nitrogen and oxygen atoms in total. The predicted octanol–water partition coefficient (Wildman–Crippen LogP) is 1.07. The van der Waals surface area contributed by atoms with Gasteiger partial charge < -0.3 is 15.2 Å². The smallest absolute Gasteiger partial charge is 0.411 e. The maximum absolute atomic E-state index is 11.4. The molecule has 0 spiro atoms. The zero-order valence-electron chi connectivity index (χ0n) is 11.0. The topological polar surface area (TPSA) is 134 Å². The van der Waals surface area contributed by atoms with E-state index in [1.54, 1.807) is 0 Å². The Bertz CT molecular complexity index is 507. The van der Waals surface area contributed by atoms with Crippen molar-refractivity contribution in [3.05, 3.63) is 34.4 Å². The van der Waals surface area contributed by atoms with E-state index in [-0.39, 0.29) is 24.7 Å². The molecule has 0 saturated heterocycles. The summed E-state index contributed by atoms with van der Waals surface area (Å²) in [5, 5.41) is 12.8. The molecule has 10 heteroatoms. The monoisotopic (exact) mass is 319 g/mol. The lowest BCUT2D eigenvalue weighted by molar-refractivity contribution is -0.384. The average molecular weight is 320 g/mol. The Hall–Kier alpha value is -2.39. The molecule has 0 radical (unpaired) electrons. The summed E-state index contributed by atoms with van der Waals surface area (Å²) in [5.41, 5.74) is 5.58. The van der Waals surface area contributed by atoms with E-state index in [1.807, 2.05) is 0 Å². The van der Waals surface area contributed by atoms with Crippen LogP contribution in [-0.2, 0) is 14.3 Å². The molecule has 1 aromatic rings. The first kappa shape index (κ1) is 18.6. The highest BCUT2D eigenvalue weighted by atomic mass is 35.5. The van der Waals surface area contributed by atoms with Gasteiger partial charge in [-0.3, -0.25) is 20.2 Å². The number of amides is 1. The SMILES string of the molecule is COC(=O)[C@@H](N)COC(=O)Nc1ccc([N+](=O)[O-])cc1.Cl. The quantitative estimate of drug-likeness (QED) is 0.471. The van der Waals surface area contributed by atoms with Gasteiger partial charge in [0.05, 0.1) is 12.0 Å². The molecule has 0 heterocycles. The number of ether oxygens (including phenoxy) is 2. The first-order valence-corrected chi connectivity index (χ1v) is 5.45. The van der Waals surface area contributed by atoms with E-state index >= 15 is 0 Å². The molecule has 0 unspecified atom stereocenters. The fraction of sp³-hybridized carbons (Fsp3) is 0.273. The van der Waals surface area contributed by atoms with Crippen LogP contribution in [0.25, 0.3) is 0 Å². The number of nitro groups is 1. The van der Waals surface area contributed by atoms with E-state index in [9.17, 15) is 19.7 Å². The lowest BCUT2D eigenvalue weighted by Crippen LogP contribution is -2.37. The molecule has 0 aliphatic heterocycles. The van der Waals surface area contributed by atoms with E-state index < -0.39 is 23.0 Å². The minimum atomic E-state index is -1.07. The first-order valence-electron chi connectivity index (χ1n) is 5.45. The highest BCUT2D eigenvalue weighted by Gasteiger charge is 2.16. The van der Waals surface area contributed by atoms with Crippen molar-refractivity contribution in [1.29, 1.82) is 0 Å². The Morgan fingerprint density at radius 1 is 1.38 bits per heavy atom. The predicted molar refractivity (Wildman–Crippen MR) is 75.3 cm³/mol. The summed E-state index contributed by atoms with van der Waals surface area (Å²) in [4.78, 5) is 32.2. The molecule has 1 atom stereocenters. The van der Waals surface area contributed by atoms with Crippen molar-refractivity contribution < 1.29 is 24.0 Å². The van der Waals surface area contributed by atoms with Crippen molar-refractivity contribution in [2.45, 2.75) is 6.04 Å². The molecule has 1 rings (SSSR count).